The number of aryl methyl sites for hydroxylation is 1. The molecule has 0 aliphatic carbocycles. The van der Waals surface area contributed by atoms with Gasteiger partial charge < -0.3 is 20.0 Å². The number of piperazine rings is 1. The Kier molecular flexibility index (Phi) is 8.68. The summed E-state index contributed by atoms with van der Waals surface area (Å²) in [6.07, 6.45) is 2.52. The standard InChI is InChI=1S/C22H26ClN3O.C2H2O4/c23-19-7-9-20(10-8-19)25-16-14-24(15-17-25)12-3-13-26-21-5-2-1-4-18(21)6-11-22(26)27;3-1(4)2(5)6/h1-2,4-5,7-10H,3,6,11-17H2;(H,3,4)(H,5,6). The Balaban J connectivity index is 0.000000454. The van der Waals surface area contributed by atoms with E-state index < -0.39 is 11.9 Å². The molecule has 0 aromatic heterocycles. The SMILES string of the molecule is O=C(O)C(=O)O.O=C1CCc2ccccc2N1CCCN1CCN(c2ccc(Cl)cc2)CC1. The van der Waals surface area contributed by atoms with Gasteiger partial charge in [-0.05, 0) is 55.3 Å². The number of carboxylic acids is 2. The van der Waals surface area contributed by atoms with Crippen LogP contribution in [0.5, 0.6) is 0 Å². The highest BCUT2D eigenvalue weighted by atomic mass is 35.5. The molecule has 8 nitrogen and oxygen atoms in total. The van der Waals surface area contributed by atoms with Crippen molar-refractivity contribution in [3.05, 3.63) is 59.1 Å². The third kappa shape index (κ3) is 6.94. The van der Waals surface area contributed by atoms with E-state index in [2.05, 4.69) is 40.1 Å². The highest BCUT2D eigenvalue weighted by molar-refractivity contribution is 6.30. The smallest absolute Gasteiger partial charge is 0.414 e. The number of carbonyl (C=O) groups is 3. The number of nitrogens with zero attached hydrogens (tertiary/aromatic N) is 3. The molecule has 2 aromatic rings. The second kappa shape index (κ2) is 11.7. The Bertz CT molecular complexity index is 962. The molecule has 0 unspecified atom stereocenters. The van der Waals surface area contributed by atoms with E-state index in [1.165, 1.54) is 11.3 Å². The molecule has 2 aliphatic heterocycles. The first-order valence-electron chi connectivity index (χ1n) is 10.9. The summed E-state index contributed by atoms with van der Waals surface area (Å²) in [5, 5.41) is 15.6. The number of rotatable bonds is 5. The van der Waals surface area contributed by atoms with E-state index in [0.717, 1.165) is 62.8 Å². The van der Waals surface area contributed by atoms with Crippen LogP contribution in [-0.2, 0) is 20.8 Å². The topological polar surface area (TPSA) is 101 Å². The van der Waals surface area contributed by atoms with Gasteiger partial charge in [0.1, 0.15) is 0 Å². The van der Waals surface area contributed by atoms with Gasteiger partial charge in [-0.25, -0.2) is 9.59 Å². The van der Waals surface area contributed by atoms with Crippen molar-refractivity contribution in [2.75, 3.05) is 49.1 Å². The van der Waals surface area contributed by atoms with Crippen molar-refractivity contribution in [2.24, 2.45) is 0 Å². The third-order valence-electron chi connectivity index (χ3n) is 5.79. The lowest BCUT2D eigenvalue weighted by Crippen LogP contribution is -2.47. The second-order valence-corrected chi connectivity index (χ2v) is 8.38. The molecule has 0 saturated carbocycles. The van der Waals surface area contributed by atoms with E-state index >= 15 is 0 Å². The van der Waals surface area contributed by atoms with Crippen molar-refractivity contribution in [3.8, 4) is 0 Å². The molecule has 176 valence electrons. The first kappa shape index (κ1) is 24.5. The first-order valence-corrected chi connectivity index (χ1v) is 11.3. The maximum absolute atomic E-state index is 12.4. The predicted octanol–water partition coefficient (Wildman–Crippen LogP) is 2.99. The highest BCUT2D eigenvalue weighted by Gasteiger charge is 2.24. The number of anilines is 2. The maximum atomic E-state index is 12.4. The molecule has 1 amide bonds. The highest BCUT2D eigenvalue weighted by Crippen LogP contribution is 2.27. The zero-order chi connectivity index (χ0) is 23.8. The number of amides is 1. The number of hydrogen-bond acceptors (Lipinski definition) is 5. The Morgan fingerprint density at radius 2 is 1.48 bits per heavy atom. The van der Waals surface area contributed by atoms with Crippen LogP contribution >= 0.6 is 11.6 Å². The van der Waals surface area contributed by atoms with Crippen molar-refractivity contribution >= 4 is 40.8 Å². The van der Waals surface area contributed by atoms with Gasteiger partial charge in [-0.1, -0.05) is 29.8 Å². The van der Waals surface area contributed by atoms with E-state index in [-0.39, 0.29) is 5.91 Å². The summed E-state index contributed by atoms with van der Waals surface area (Å²) in [5.74, 6) is -3.38. The zero-order valence-corrected chi connectivity index (χ0v) is 19.1. The quantitative estimate of drug-likeness (QED) is 0.643. The average Bonchev–Trinajstić information content (AvgIpc) is 2.82. The van der Waals surface area contributed by atoms with Crippen LogP contribution in [-0.4, -0.2) is 72.2 Å². The van der Waals surface area contributed by atoms with Gasteiger partial charge in [-0.3, -0.25) is 9.69 Å². The molecule has 1 fully saturated rings. The number of para-hydroxylation sites is 1. The van der Waals surface area contributed by atoms with E-state index in [1.807, 2.05) is 23.1 Å². The van der Waals surface area contributed by atoms with E-state index in [4.69, 9.17) is 31.4 Å². The maximum Gasteiger partial charge on any atom is 0.414 e. The second-order valence-electron chi connectivity index (χ2n) is 7.94. The van der Waals surface area contributed by atoms with Gasteiger partial charge in [-0.15, -0.1) is 0 Å². The molecule has 2 aromatic carbocycles. The molecule has 0 bridgehead atoms. The van der Waals surface area contributed by atoms with Crippen LogP contribution in [0.25, 0.3) is 0 Å². The molecule has 33 heavy (non-hydrogen) atoms. The number of carboxylic acid groups (broad SMARTS) is 2. The molecule has 0 spiro atoms. The van der Waals surface area contributed by atoms with Gasteiger partial charge in [0.25, 0.3) is 0 Å². The summed E-state index contributed by atoms with van der Waals surface area (Å²) < 4.78 is 0. The molecule has 2 heterocycles. The normalized spacial score (nSPS) is 16.0. The number of benzene rings is 2. The first-order chi connectivity index (χ1) is 15.8. The Morgan fingerprint density at radius 3 is 2.12 bits per heavy atom. The van der Waals surface area contributed by atoms with Gasteiger partial charge in [0.15, 0.2) is 0 Å². The Morgan fingerprint density at radius 1 is 0.848 bits per heavy atom. The van der Waals surface area contributed by atoms with Crippen LogP contribution in [0.15, 0.2) is 48.5 Å². The number of carbonyl (C=O) groups excluding carboxylic acids is 1. The minimum atomic E-state index is -1.82. The molecule has 4 rings (SSSR count). The Hall–Kier alpha value is -3.10. The minimum absolute atomic E-state index is 0.265. The molecule has 9 heteroatoms. The van der Waals surface area contributed by atoms with Crippen molar-refractivity contribution in [1.82, 2.24) is 4.90 Å². The summed E-state index contributed by atoms with van der Waals surface area (Å²) in [7, 11) is 0. The molecule has 2 aliphatic rings. The summed E-state index contributed by atoms with van der Waals surface area (Å²) in [6.45, 7) is 6.05. The van der Waals surface area contributed by atoms with Gasteiger partial charge in [0.2, 0.25) is 5.91 Å². The van der Waals surface area contributed by atoms with Crippen LogP contribution in [0, 0.1) is 0 Å². The average molecular weight is 474 g/mol. The lowest BCUT2D eigenvalue weighted by Gasteiger charge is -2.36. The molecular weight excluding hydrogens is 446 g/mol. The molecule has 0 radical (unpaired) electrons. The lowest BCUT2D eigenvalue weighted by atomic mass is 10.0. The lowest BCUT2D eigenvalue weighted by molar-refractivity contribution is -0.159. The fourth-order valence-corrected chi connectivity index (χ4v) is 4.20. The number of fused-ring (bicyclic) bond motifs is 1. The molecule has 0 atom stereocenters. The summed E-state index contributed by atoms with van der Waals surface area (Å²) in [4.78, 5) is 37.5. The predicted molar refractivity (Wildman–Crippen MR) is 127 cm³/mol. The van der Waals surface area contributed by atoms with E-state index in [1.54, 1.807) is 0 Å². The fourth-order valence-electron chi connectivity index (χ4n) is 4.08. The van der Waals surface area contributed by atoms with Crippen molar-refractivity contribution in [1.29, 1.82) is 0 Å². The Labute approximate surface area is 198 Å². The van der Waals surface area contributed by atoms with Crippen molar-refractivity contribution in [3.63, 3.8) is 0 Å². The van der Waals surface area contributed by atoms with Crippen LogP contribution < -0.4 is 9.80 Å². The monoisotopic (exact) mass is 473 g/mol. The summed E-state index contributed by atoms with van der Waals surface area (Å²) >= 11 is 5.98. The van der Waals surface area contributed by atoms with E-state index in [9.17, 15) is 4.79 Å². The zero-order valence-electron chi connectivity index (χ0n) is 18.3. The number of halogens is 1. The minimum Gasteiger partial charge on any atom is -0.473 e. The largest absolute Gasteiger partial charge is 0.473 e. The molecule has 1 saturated heterocycles. The van der Waals surface area contributed by atoms with Gasteiger partial charge >= 0.3 is 11.9 Å². The van der Waals surface area contributed by atoms with Crippen LogP contribution in [0.4, 0.5) is 11.4 Å². The van der Waals surface area contributed by atoms with E-state index in [0.29, 0.717) is 6.42 Å². The molecule has 2 N–H and O–H groups in total. The van der Waals surface area contributed by atoms with Gasteiger partial charge in [0.05, 0.1) is 0 Å². The third-order valence-corrected chi connectivity index (χ3v) is 6.05. The van der Waals surface area contributed by atoms with Gasteiger partial charge in [-0.2, -0.15) is 0 Å². The van der Waals surface area contributed by atoms with Crippen molar-refractivity contribution < 1.29 is 24.6 Å². The van der Waals surface area contributed by atoms with Crippen LogP contribution in [0.3, 0.4) is 0 Å². The number of hydrogen-bond donors (Lipinski definition) is 2. The summed E-state index contributed by atoms with van der Waals surface area (Å²) in [5.41, 5.74) is 3.66. The number of aliphatic carboxylic acids is 2. The van der Waals surface area contributed by atoms with Gasteiger partial charge in [0, 0.05) is 55.5 Å². The van der Waals surface area contributed by atoms with Crippen LogP contribution in [0.2, 0.25) is 5.02 Å². The van der Waals surface area contributed by atoms with Crippen LogP contribution in [0.1, 0.15) is 18.4 Å². The fraction of sp³-hybridized carbons (Fsp3) is 0.375. The molecular formula is C24H28ClN3O5. The van der Waals surface area contributed by atoms with Crippen molar-refractivity contribution in [2.45, 2.75) is 19.3 Å². The summed E-state index contributed by atoms with van der Waals surface area (Å²) in [6, 6.07) is 16.4.